The molecule has 0 aliphatic heterocycles. The molecule has 0 unspecified atom stereocenters. The highest BCUT2D eigenvalue weighted by Crippen LogP contribution is 2.43. The van der Waals surface area contributed by atoms with Crippen molar-refractivity contribution < 1.29 is 4.79 Å². The van der Waals surface area contributed by atoms with Crippen molar-refractivity contribution in [1.82, 2.24) is 15.5 Å². The third-order valence-electron chi connectivity index (χ3n) is 4.99. The first-order chi connectivity index (χ1) is 12.1. The highest BCUT2D eigenvalue weighted by atomic mass is 127. The summed E-state index contributed by atoms with van der Waals surface area (Å²) >= 11 is 0. The van der Waals surface area contributed by atoms with Gasteiger partial charge in [-0.3, -0.25) is 4.79 Å². The Bertz CT molecular complexity index is 570. The van der Waals surface area contributed by atoms with Crippen molar-refractivity contribution in [2.45, 2.75) is 44.4 Å². The highest BCUT2D eigenvalue weighted by Gasteiger charge is 2.38. The fraction of sp³-hybridized carbons (Fsp3) is 0.600. The summed E-state index contributed by atoms with van der Waals surface area (Å²) in [7, 11) is 3.52. The molecule has 5 nitrogen and oxygen atoms in total. The Hall–Kier alpha value is -1.31. The van der Waals surface area contributed by atoms with Crippen molar-refractivity contribution in [3.8, 4) is 0 Å². The molecular weight excluding hydrogens is 439 g/mol. The first-order valence-corrected chi connectivity index (χ1v) is 9.35. The summed E-state index contributed by atoms with van der Waals surface area (Å²) in [6.07, 6.45) is 5.88. The normalized spacial score (nSPS) is 15.4. The molecular formula is C20H33IN4O. The third kappa shape index (κ3) is 6.45. The van der Waals surface area contributed by atoms with Crippen molar-refractivity contribution in [3.05, 3.63) is 35.9 Å². The predicted molar refractivity (Wildman–Crippen MR) is 119 cm³/mol. The topological polar surface area (TPSA) is 56.7 Å². The van der Waals surface area contributed by atoms with E-state index in [9.17, 15) is 4.79 Å². The molecule has 0 spiro atoms. The van der Waals surface area contributed by atoms with Crippen molar-refractivity contribution in [2.24, 2.45) is 4.99 Å². The maximum atomic E-state index is 11.8. The number of carbonyl (C=O) groups excluding carboxylic acids is 1. The van der Waals surface area contributed by atoms with E-state index < -0.39 is 0 Å². The van der Waals surface area contributed by atoms with Gasteiger partial charge >= 0.3 is 0 Å². The van der Waals surface area contributed by atoms with Gasteiger partial charge in [0, 0.05) is 32.6 Å². The van der Waals surface area contributed by atoms with Crippen molar-refractivity contribution in [1.29, 1.82) is 0 Å². The fourth-order valence-electron chi connectivity index (χ4n) is 3.06. The monoisotopic (exact) mass is 472 g/mol. The van der Waals surface area contributed by atoms with E-state index in [0.29, 0.717) is 0 Å². The molecule has 0 atom stereocenters. The number of guanidine groups is 1. The van der Waals surface area contributed by atoms with Gasteiger partial charge in [-0.2, -0.15) is 0 Å². The van der Waals surface area contributed by atoms with Crippen molar-refractivity contribution >= 4 is 35.8 Å². The Morgan fingerprint density at radius 2 is 1.88 bits per heavy atom. The zero-order valence-corrected chi connectivity index (χ0v) is 18.6. The van der Waals surface area contributed by atoms with Gasteiger partial charge < -0.3 is 15.5 Å². The minimum Gasteiger partial charge on any atom is -0.356 e. The van der Waals surface area contributed by atoms with Crippen LogP contribution in [0.15, 0.2) is 35.3 Å². The van der Waals surface area contributed by atoms with Crippen LogP contribution >= 0.6 is 24.0 Å². The number of carbonyl (C=O) groups is 1. The van der Waals surface area contributed by atoms with Crippen LogP contribution in [0.1, 0.15) is 44.6 Å². The molecule has 0 bridgehead atoms. The van der Waals surface area contributed by atoms with Crippen LogP contribution in [0.25, 0.3) is 0 Å². The van der Waals surface area contributed by atoms with Crippen LogP contribution in [0.5, 0.6) is 0 Å². The molecule has 0 heterocycles. The molecule has 0 radical (unpaired) electrons. The van der Waals surface area contributed by atoms with E-state index >= 15 is 0 Å². The molecule has 1 aromatic carbocycles. The van der Waals surface area contributed by atoms with Gasteiger partial charge in [-0.25, -0.2) is 4.99 Å². The first kappa shape index (κ1) is 22.7. The molecule has 2 N–H and O–H groups in total. The lowest BCUT2D eigenvalue weighted by Gasteiger charge is -2.43. The standard InChI is InChI=1S/C20H32N4O.HI/c1-4-5-14-21-19(22-15-18(25)24(2)3)23-16-20(12-9-13-20)17-10-7-6-8-11-17;/h6-8,10-11H,4-5,9,12-16H2,1-3H3,(H2,21,22,23);1H. The minimum atomic E-state index is 0. The van der Waals surface area contributed by atoms with Crippen LogP contribution in [0.4, 0.5) is 0 Å². The van der Waals surface area contributed by atoms with E-state index in [0.717, 1.165) is 31.9 Å². The van der Waals surface area contributed by atoms with E-state index in [1.54, 1.807) is 19.0 Å². The van der Waals surface area contributed by atoms with Crippen LogP contribution < -0.4 is 10.6 Å². The second kappa shape index (κ2) is 11.4. The molecule has 0 saturated heterocycles. The maximum absolute atomic E-state index is 11.8. The Morgan fingerprint density at radius 1 is 1.19 bits per heavy atom. The van der Waals surface area contributed by atoms with Crippen molar-refractivity contribution in [3.63, 3.8) is 0 Å². The summed E-state index contributed by atoms with van der Waals surface area (Å²) in [6, 6.07) is 10.7. The Balaban J connectivity index is 0.00000338. The predicted octanol–water partition coefficient (Wildman–Crippen LogP) is 3.15. The fourth-order valence-corrected chi connectivity index (χ4v) is 3.06. The molecule has 1 saturated carbocycles. The Morgan fingerprint density at radius 3 is 2.42 bits per heavy atom. The van der Waals surface area contributed by atoms with Gasteiger partial charge in [-0.05, 0) is 24.8 Å². The lowest BCUT2D eigenvalue weighted by Crippen LogP contribution is -2.49. The quantitative estimate of drug-likeness (QED) is 0.265. The molecule has 1 fully saturated rings. The van der Waals surface area contributed by atoms with E-state index in [4.69, 9.17) is 0 Å². The highest BCUT2D eigenvalue weighted by molar-refractivity contribution is 14.0. The molecule has 1 aliphatic carbocycles. The second-order valence-corrected chi connectivity index (χ2v) is 7.09. The van der Waals surface area contributed by atoms with Gasteiger partial charge in [-0.15, -0.1) is 24.0 Å². The number of likely N-dealkylation sites (N-methyl/N-ethyl adjacent to an activating group) is 1. The summed E-state index contributed by atoms with van der Waals surface area (Å²) < 4.78 is 0. The lowest BCUT2D eigenvalue weighted by molar-refractivity contribution is -0.127. The summed E-state index contributed by atoms with van der Waals surface area (Å²) in [5.74, 6) is 0.754. The maximum Gasteiger partial charge on any atom is 0.243 e. The van der Waals surface area contributed by atoms with E-state index in [1.165, 1.54) is 24.8 Å². The number of hydrogen-bond donors (Lipinski definition) is 2. The Labute approximate surface area is 175 Å². The number of hydrogen-bond acceptors (Lipinski definition) is 2. The molecule has 0 aromatic heterocycles. The van der Waals surface area contributed by atoms with Gasteiger partial charge in [-0.1, -0.05) is 50.1 Å². The smallest absolute Gasteiger partial charge is 0.243 e. The largest absolute Gasteiger partial charge is 0.356 e. The van der Waals surface area contributed by atoms with Crippen LogP contribution in [0.3, 0.4) is 0 Å². The number of rotatable bonds is 8. The summed E-state index contributed by atoms with van der Waals surface area (Å²) in [5.41, 5.74) is 1.59. The molecule has 146 valence electrons. The summed E-state index contributed by atoms with van der Waals surface area (Å²) in [5, 5.41) is 6.84. The van der Waals surface area contributed by atoms with E-state index in [2.05, 4.69) is 52.9 Å². The zero-order valence-electron chi connectivity index (χ0n) is 16.3. The van der Waals surface area contributed by atoms with Gasteiger partial charge in [0.05, 0.1) is 0 Å². The average molecular weight is 472 g/mol. The van der Waals surface area contributed by atoms with Gasteiger partial charge in [0.15, 0.2) is 5.96 Å². The summed E-state index contributed by atoms with van der Waals surface area (Å²) in [4.78, 5) is 17.9. The second-order valence-electron chi connectivity index (χ2n) is 7.09. The number of halogens is 1. The van der Waals surface area contributed by atoms with Gasteiger partial charge in [0.2, 0.25) is 5.91 Å². The molecule has 1 aliphatic rings. The van der Waals surface area contributed by atoms with Gasteiger partial charge in [0.1, 0.15) is 6.54 Å². The molecule has 26 heavy (non-hydrogen) atoms. The van der Waals surface area contributed by atoms with E-state index in [1.807, 2.05) is 0 Å². The minimum absolute atomic E-state index is 0. The third-order valence-corrected chi connectivity index (χ3v) is 4.99. The van der Waals surface area contributed by atoms with Crippen LogP contribution in [0, 0.1) is 0 Å². The number of aliphatic imine (C=N–C) groups is 1. The molecule has 6 heteroatoms. The molecule has 1 amide bonds. The van der Waals surface area contributed by atoms with Crippen molar-refractivity contribution in [2.75, 3.05) is 33.7 Å². The number of nitrogens with one attached hydrogen (secondary N) is 2. The SMILES string of the molecule is CCCCNC(=NCC(=O)N(C)C)NCC1(c2ccccc2)CCC1.I. The number of amides is 1. The number of benzene rings is 1. The Kier molecular flexibility index (Phi) is 9.98. The molecule has 1 aromatic rings. The average Bonchev–Trinajstić information content (AvgIpc) is 2.58. The first-order valence-electron chi connectivity index (χ1n) is 9.35. The number of nitrogens with zero attached hydrogens (tertiary/aromatic N) is 2. The van der Waals surface area contributed by atoms with E-state index in [-0.39, 0.29) is 41.8 Å². The number of unbranched alkanes of at least 4 members (excludes halogenated alkanes) is 1. The lowest BCUT2D eigenvalue weighted by atomic mass is 9.64. The zero-order chi connectivity index (χ0) is 18.1. The van der Waals surface area contributed by atoms with Gasteiger partial charge in [0.25, 0.3) is 0 Å². The van der Waals surface area contributed by atoms with Crippen LogP contribution in [0.2, 0.25) is 0 Å². The van der Waals surface area contributed by atoms with Crippen LogP contribution in [-0.2, 0) is 10.2 Å². The van der Waals surface area contributed by atoms with Crippen LogP contribution in [-0.4, -0.2) is 50.5 Å². The molecule has 2 rings (SSSR count). The summed E-state index contributed by atoms with van der Waals surface area (Å²) in [6.45, 7) is 4.06.